The summed E-state index contributed by atoms with van der Waals surface area (Å²) in [5.41, 5.74) is 0. The minimum Gasteiger partial charge on any atom is -0.383 e. The van der Waals surface area contributed by atoms with E-state index in [4.69, 9.17) is 4.74 Å². The summed E-state index contributed by atoms with van der Waals surface area (Å²) < 4.78 is 5.12. The van der Waals surface area contributed by atoms with E-state index in [2.05, 4.69) is 17.3 Å². The van der Waals surface area contributed by atoms with Gasteiger partial charge in [0.15, 0.2) is 0 Å². The number of methoxy groups -OCH3 is 1. The van der Waals surface area contributed by atoms with Crippen LogP contribution in [0.4, 0.5) is 0 Å². The number of hydrogen-bond donors (Lipinski definition) is 1. The fourth-order valence-electron chi connectivity index (χ4n) is 2.80. The highest BCUT2D eigenvalue weighted by atomic mass is 16.5. The Balaban J connectivity index is 1.80. The molecule has 0 saturated carbocycles. The Bertz CT molecular complexity index is 174. The Morgan fingerprint density at radius 2 is 1.93 bits per heavy atom. The second-order valence-electron chi connectivity index (χ2n) is 4.74. The quantitative estimate of drug-likeness (QED) is 0.725. The summed E-state index contributed by atoms with van der Waals surface area (Å²) in [7, 11) is 4.01. The van der Waals surface area contributed by atoms with Crippen molar-refractivity contribution in [2.45, 2.75) is 43.8 Å². The molecule has 2 aliphatic rings. The first-order valence-corrected chi connectivity index (χ1v) is 5.75. The maximum absolute atomic E-state index is 5.12. The lowest BCUT2D eigenvalue weighted by Gasteiger charge is -2.35. The van der Waals surface area contributed by atoms with Crippen LogP contribution < -0.4 is 5.32 Å². The summed E-state index contributed by atoms with van der Waals surface area (Å²) in [5.74, 6) is 0. The zero-order valence-electron chi connectivity index (χ0n) is 9.33. The summed E-state index contributed by atoms with van der Waals surface area (Å²) in [4.78, 5) is 2.47. The molecule has 2 aliphatic heterocycles. The SMILES string of the molecule is COCCN(C)C1CC2CCC(C1)N2. The number of ether oxygens (including phenoxy) is 1. The first kappa shape index (κ1) is 10.4. The van der Waals surface area contributed by atoms with E-state index in [9.17, 15) is 0 Å². The lowest BCUT2D eigenvalue weighted by atomic mass is 9.99. The number of likely N-dealkylation sites (N-methyl/N-ethyl adjacent to an activating group) is 1. The molecule has 0 radical (unpaired) electrons. The molecule has 82 valence electrons. The van der Waals surface area contributed by atoms with E-state index in [1.54, 1.807) is 7.11 Å². The van der Waals surface area contributed by atoms with Crippen LogP contribution in [0.3, 0.4) is 0 Å². The molecular formula is C11H22N2O. The van der Waals surface area contributed by atoms with Crippen molar-refractivity contribution in [1.29, 1.82) is 0 Å². The number of hydrogen-bond acceptors (Lipinski definition) is 3. The fraction of sp³-hybridized carbons (Fsp3) is 1.00. The third-order valence-corrected chi connectivity index (χ3v) is 3.72. The van der Waals surface area contributed by atoms with Gasteiger partial charge in [0.25, 0.3) is 0 Å². The molecule has 0 spiro atoms. The molecule has 2 saturated heterocycles. The standard InChI is InChI=1S/C11H22N2O/c1-13(5-6-14-2)11-7-9-3-4-10(8-11)12-9/h9-12H,3-8H2,1-2H3. The van der Waals surface area contributed by atoms with E-state index in [0.29, 0.717) is 0 Å². The van der Waals surface area contributed by atoms with Crippen LogP contribution in [-0.4, -0.2) is 50.3 Å². The summed E-state index contributed by atoms with van der Waals surface area (Å²) >= 11 is 0. The van der Waals surface area contributed by atoms with E-state index in [-0.39, 0.29) is 0 Å². The van der Waals surface area contributed by atoms with Gasteiger partial charge >= 0.3 is 0 Å². The van der Waals surface area contributed by atoms with E-state index >= 15 is 0 Å². The van der Waals surface area contributed by atoms with Gasteiger partial charge in [-0.3, -0.25) is 0 Å². The van der Waals surface area contributed by atoms with Crippen LogP contribution >= 0.6 is 0 Å². The molecule has 2 bridgehead atoms. The minimum atomic E-state index is 0.781. The van der Waals surface area contributed by atoms with Gasteiger partial charge in [-0.1, -0.05) is 0 Å². The molecule has 0 aliphatic carbocycles. The van der Waals surface area contributed by atoms with Gasteiger partial charge in [0, 0.05) is 31.8 Å². The predicted octanol–water partition coefficient (Wildman–Crippen LogP) is 0.848. The van der Waals surface area contributed by atoms with Crippen molar-refractivity contribution in [3.05, 3.63) is 0 Å². The normalized spacial score (nSPS) is 36.6. The molecule has 2 fully saturated rings. The lowest BCUT2D eigenvalue weighted by Crippen LogP contribution is -2.47. The Morgan fingerprint density at radius 1 is 1.29 bits per heavy atom. The molecule has 0 amide bonds. The number of fused-ring (bicyclic) bond motifs is 2. The Morgan fingerprint density at radius 3 is 2.50 bits per heavy atom. The van der Waals surface area contributed by atoms with Crippen molar-refractivity contribution in [2.24, 2.45) is 0 Å². The van der Waals surface area contributed by atoms with Crippen LogP contribution in [-0.2, 0) is 4.74 Å². The topological polar surface area (TPSA) is 24.5 Å². The fourth-order valence-corrected chi connectivity index (χ4v) is 2.80. The molecule has 2 unspecified atom stereocenters. The van der Waals surface area contributed by atoms with Crippen molar-refractivity contribution in [3.63, 3.8) is 0 Å². The molecule has 3 nitrogen and oxygen atoms in total. The van der Waals surface area contributed by atoms with Crippen molar-refractivity contribution in [3.8, 4) is 0 Å². The summed E-state index contributed by atoms with van der Waals surface area (Å²) in [6.45, 7) is 1.93. The lowest BCUT2D eigenvalue weighted by molar-refractivity contribution is 0.116. The van der Waals surface area contributed by atoms with Crippen molar-refractivity contribution in [1.82, 2.24) is 10.2 Å². The molecule has 2 rings (SSSR count). The first-order chi connectivity index (χ1) is 6.79. The van der Waals surface area contributed by atoms with Gasteiger partial charge < -0.3 is 15.0 Å². The largest absolute Gasteiger partial charge is 0.383 e. The summed E-state index contributed by atoms with van der Waals surface area (Å²) in [5, 5.41) is 3.67. The van der Waals surface area contributed by atoms with Gasteiger partial charge in [-0.25, -0.2) is 0 Å². The number of nitrogens with zero attached hydrogens (tertiary/aromatic N) is 1. The Hall–Kier alpha value is -0.120. The number of nitrogens with one attached hydrogen (secondary N) is 1. The molecule has 0 aromatic carbocycles. The number of piperidine rings is 1. The van der Waals surface area contributed by atoms with Crippen LogP contribution in [0.2, 0.25) is 0 Å². The molecule has 0 aromatic rings. The van der Waals surface area contributed by atoms with Crippen LogP contribution in [0.25, 0.3) is 0 Å². The van der Waals surface area contributed by atoms with E-state index < -0.39 is 0 Å². The van der Waals surface area contributed by atoms with Gasteiger partial charge in [-0.05, 0) is 32.7 Å². The van der Waals surface area contributed by atoms with Gasteiger partial charge in [0.05, 0.1) is 6.61 Å². The van der Waals surface area contributed by atoms with E-state index in [0.717, 1.165) is 31.3 Å². The minimum absolute atomic E-state index is 0.781. The van der Waals surface area contributed by atoms with E-state index in [1.807, 2.05) is 0 Å². The second kappa shape index (κ2) is 4.60. The molecular weight excluding hydrogens is 176 g/mol. The predicted molar refractivity (Wildman–Crippen MR) is 57.5 cm³/mol. The van der Waals surface area contributed by atoms with Crippen LogP contribution in [0, 0.1) is 0 Å². The maximum Gasteiger partial charge on any atom is 0.0589 e. The molecule has 2 heterocycles. The molecule has 14 heavy (non-hydrogen) atoms. The van der Waals surface area contributed by atoms with Crippen molar-refractivity contribution in [2.75, 3.05) is 27.3 Å². The molecule has 3 heteroatoms. The molecule has 1 N–H and O–H groups in total. The summed E-state index contributed by atoms with van der Waals surface area (Å²) in [6, 6.07) is 2.37. The van der Waals surface area contributed by atoms with Gasteiger partial charge in [-0.15, -0.1) is 0 Å². The first-order valence-electron chi connectivity index (χ1n) is 5.75. The Kier molecular flexibility index (Phi) is 3.42. The smallest absolute Gasteiger partial charge is 0.0589 e. The highest BCUT2D eigenvalue weighted by molar-refractivity contribution is 4.95. The summed E-state index contributed by atoms with van der Waals surface area (Å²) in [6.07, 6.45) is 5.44. The highest BCUT2D eigenvalue weighted by Gasteiger charge is 2.34. The third kappa shape index (κ3) is 2.27. The monoisotopic (exact) mass is 198 g/mol. The molecule has 2 atom stereocenters. The zero-order valence-corrected chi connectivity index (χ0v) is 9.33. The average molecular weight is 198 g/mol. The Labute approximate surface area is 86.8 Å². The van der Waals surface area contributed by atoms with Crippen LogP contribution in [0.5, 0.6) is 0 Å². The third-order valence-electron chi connectivity index (χ3n) is 3.72. The molecule has 0 aromatic heterocycles. The maximum atomic E-state index is 5.12. The number of rotatable bonds is 4. The van der Waals surface area contributed by atoms with Gasteiger partial charge in [0.1, 0.15) is 0 Å². The zero-order chi connectivity index (χ0) is 9.97. The second-order valence-corrected chi connectivity index (χ2v) is 4.74. The van der Waals surface area contributed by atoms with Crippen molar-refractivity contribution < 1.29 is 4.74 Å². The van der Waals surface area contributed by atoms with Crippen molar-refractivity contribution >= 4 is 0 Å². The van der Waals surface area contributed by atoms with Crippen LogP contribution in [0.15, 0.2) is 0 Å². The van der Waals surface area contributed by atoms with Crippen LogP contribution in [0.1, 0.15) is 25.7 Å². The van der Waals surface area contributed by atoms with E-state index in [1.165, 1.54) is 25.7 Å². The van der Waals surface area contributed by atoms with Gasteiger partial charge in [-0.2, -0.15) is 0 Å². The average Bonchev–Trinajstić information content (AvgIpc) is 2.54. The van der Waals surface area contributed by atoms with Gasteiger partial charge in [0.2, 0.25) is 0 Å². The highest BCUT2D eigenvalue weighted by Crippen LogP contribution is 2.28.